The van der Waals surface area contributed by atoms with Crippen LogP contribution in [0.15, 0.2) is 24.5 Å². The quantitative estimate of drug-likeness (QED) is 0.220. The molecule has 0 saturated carbocycles. The fourth-order valence-electron chi connectivity index (χ4n) is 2.19. The SMILES string of the molecule is NC(=O)c1ccc[n+]([C@@H]2O[C@H](CO)[C@@H](O)[C@H]2O)c1.O=C([O-])[C@@H](O)[C@@H](O)C(=O)O. The third kappa shape index (κ3) is 5.66. The molecule has 0 radical (unpaired) electrons. The van der Waals surface area contributed by atoms with Gasteiger partial charge >= 0.3 is 5.97 Å². The summed E-state index contributed by atoms with van der Waals surface area (Å²) < 4.78 is 6.75. The molecule has 1 saturated heterocycles. The lowest BCUT2D eigenvalue weighted by molar-refractivity contribution is -0.765. The van der Waals surface area contributed by atoms with Crippen LogP contribution in [0.1, 0.15) is 16.6 Å². The van der Waals surface area contributed by atoms with Gasteiger partial charge in [-0.15, -0.1) is 0 Å². The van der Waals surface area contributed by atoms with Gasteiger partial charge in [0.1, 0.15) is 23.9 Å². The molecule has 1 aliphatic heterocycles. The number of carboxylic acids is 2. The van der Waals surface area contributed by atoms with Crippen LogP contribution in [0.2, 0.25) is 0 Å². The van der Waals surface area contributed by atoms with Crippen molar-refractivity contribution in [2.45, 2.75) is 36.7 Å². The summed E-state index contributed by atoms with van der Waals surface area (Å²) in [5.74, 6) is -4.43. The van der Waals surface area contributed by atoms with E-state index in [0.717, 1.165) is 0 Å². The number of nitrogens with zero attached hydrogens (tertiary/aromatic N) is 1. The molecule has 1 fully saturated rings. The highest BCUT2D eigenvalue weighted by Crippen LogP contribution is 2.24. The fraction of sp³-hybridized carbons (Fsp3) is 0.467. The lowest BCUT2D eigenvalue weighted by Gasteiger charge is -2.13. The fourth-order valence-corrected chi connectivity index (χ4v) is 2.19. The molecule has 0 bridgehead atoms. The van der Waals surface area contributed by atoms with Crippen molar-refractivity contribution in [2.75, 3.05) is 6.61 Å². The van der Waals surface area contributed by atoms with Gasteiger partial charge in [0.15, 0.2) is 24.6 Å². The molecule has 0 aliphatic carbocycles. The number of pyridine rings is 1. The van der Waals surface area contributed by atoms with E-state index in [2.05, 4.69) is 0 Å². The second-order valence-electron chi connectivity index (χ2n) is 5.68. The van der Waals surface area contributed by atoms with Crippen LogP contribution in [0.3, 0.4) is 0 Å². The highest BCUT2D eigenvalue weighted by molar-refractivity contribution is 5.92. The van der Waals surface area contributed by atoms with Crippen LogP contribution in [-0.2, 0) is 14.3 Å². The summed E-state index contributed by atoms with van der Waals surface area (Å²) >= 11 is 0. The molecule has 2 rings (SSSR count). The van der Waals surface area contributed by atoms with Gasteiger partial charge in [-0.1, -0.05) is 0 Å². The summed E-state index contributed by atoms with van der Waals surface area (Å²) in [6.07, 6.45) is -5.79. The minimum absolute atomic E-state index is 0.259. The molecule has 1 aliphatic rings. The van der Waals surface area contributed by atoms with E-state index in [0.29, 0.717) is 0 Å². The molecule has 1 amide bonds. The van der Waals surface area contributed by atoms with Crippen molar-refractivity contribution in [3.8, 4) is 0 Å². The first kappa shape index (κ1) is 23.4. The molecule has 28 heavy (non-hydrogen) atoms. The van der Waals surface area contributed by atoms with E-state index in [1.54, 1.807) is 12.3 Å². The summed E-state index contributed by atoms with van der Waals surface area (Å²) in [6.45, 7) is -0.398. The van der Waals surface area contributed by atoms with E-state index in [9.17, 15) is 29.7 Å². The number of carbonyl (C=O) groups excluding carboxylic acids is 2. The number of hydrogen-bond acceptors (Lipinski definition) is 10. The standard InChI is InChI=1S/C11H14N2O5.C4H6O6/c12-10(17)6-2-1-3-13(4-6)11-9(16)8(15)7(5-14)18-11;5-1(3(7)8)2(6)4(9)10/h1-4,7-9,11,14-16H,5H2,(H-,12,17);1-2,5-6H,(H,7,8)(H,9,10)/t7-,8-,9-,11-;1-,2+/m1./s1. The molecule has 1 aromatic rings. The van der Waals surface area contributed by atoms with Crippen molar-refractivity contribution >= 4 is 17.8 Å². The third-order valence-electron chi connectivity index (χ3n) is 3.71. The van der Waals surface area contributed by atoms with Crippen molar-refractivity contribution in [1.82, 2.24) is 0 Å². The molecular weight excluding hydrogens is 384 g/mol. The average Bonchev–Trinajstić information content (AvgIpc) is 2.95. The number of aliphatic hydroxyl groups is 5. The van der Waals surface area contributed by atoms with E-state index < -0.39 is 61.2 Å². The summed E-state index contributed by atoms with van der Waals surface area (Å²) in [5.41, 5.74) is 5.41. The topological polar surface area (TPSA) is 235 Å². The Morgan fingerprint density at radius 2 is 1.82 bits per heavy atom. The molecule has 8 N–H and O–H groups in total. The van der Waals surface area contributed by atoms with Crippen molar-refractivity contribution in [3.63, 3.8) is 0 Å². The number of rotatable bonds is 6. The predicted octanol–water partition coefficient (Wildman–Crippen LogP) is -5.77. The Balaban J connectivity index is 0.000000336. The summed E-state index contributed by atoms with van der Waals surface area (Å²) in [7, 11) is 0. The van der Waals surface area contributed by atoms with Crippen LogP contribution in [0.25, 0.3) is 0 Å². The van der Waals surface area contributed by atoms with E-state index in [-0.39, 0.29) is 5.56 Å². The maximum absolute atomic E-state index is 11.1. The predicted molar refractivity (Wildman–Crippen MR) is 82.8 cm³/mol. The molecule has 0 unspecified atom stereocenters. The Kier molecular flexibility index (Phi) is 8.36. The number of carboxylic acid groups (broad SMARTS) is 2. The molecule has 13 heteroatoms. The number of ether oxygens (including phenoxy) is 1. The number of nitrogens with two attached hydrogens (primary N) is 1. The zero-order valence-electron chi connectivity index (χ0n) is 14.2. The molecule has 0 aromatic carbocycles. The minimum atomic E-state index is -2.38. The smallest absolute Gasteiger partial charge is 0.335 e. The Morgan fingerprint density at radius 3 is 2.21 bits per heavy atom. The lowest BCUT2D eigenvalue weighted by atomic mass is 10.1. The van der Waals surface area contributed by atoms with Crippen LogP contribution in [0.5, 0.6) is 0 Å². The van der Waals surface area contributed by atoms with Gasteiger partial charge in [-0.2, -0.15) is 4.57 Å². The highest BCUT2D eigenvalue weighted by Gasteiger charge is 2.47. The molecule has 0 spiro atoms. The number of primary amides is 1. The van der Waals surface area contributed by atoms with Crippen LogP contribution in [0.4, 0.5) is 0 Å². The summed E-state index contributed by atoms with van der Waals surface area (Å²) in [6, 6.07) is 3.11. The Labute approximate surface area is 157 Å². The maximum Gasteiger partial charge on any atom is 0.335 e. The molecule has 1 aromatic heterocycles. The molecular formula is C15H20N2O11. The van der Waals surface area contributed by atoms with Crippen LogP contribution in [-0.4, -0.2) is 85.6 Å². The third-order valence-corrected chi connectivity index (χ3v) is 3.71. The van der Waals surface area contributed by atoms with Gasteiger partial charge in [0.25, 0.3) is 12.1 Å². The highest BCUT2D eigenvalue weighted by atomic mass is 16.6. The molecule has 6 atom stereocenters. The first-order valence-electron chi connectivity index (χ1n) is 7.74. The van der Waals surface area contributed by atoms with Gasteiger partial charge in [0.2, 0.25) is 0 Å². The van der Waals surface area contributed by atoms with Crippen molar-refractivity contribution in [2.24, 2.45) is 5.73 Å². The van der Waals surface area contributed by atoms with E-state index in [1.807, 2.05) is 0 Å². The van der Waals surface area contributed by atoms with Crippen LogP contribution >= 0.6 is 0 Å². The Morgan fingerprint density at radius 1 is 1.21 bits per heavy atom. The number of amides is 1. The van der Waals surface area contributed by atoms with Gasteiger partial charge in [0.05, 0.1) is 12.6 Å². The van der Waals surface area contributed by atoms with Gasteiger partial charge in [0, 0.05) is 6.07 Å². The Bertz CT molecular complexity index is 695. The largest absolute Gasteiger partial charge is 0.547 e. The van der Waals surface area contributed by atoms with Crippen LogP contribution < -0.4 is 15.4 Å². The van der Waals surface area contributed by atoms with Gasteiger partial charge < -0.3 is 51.0 Å². The average molecular weight is 404 g/mol. The van der Waals surface area contributed by atoms with Crippen molar-refractivity contribution < 1.29 is 59.4 Å². The molecule has 156 valence electrons. The first-order valence-corrected chi connectivity index (χ1v) is 7.74. The normalized spacial score (nSPS) is 25.9. The molecule has 13 nitrogen and oxygen atoms in total. The minimum Gasteiger partial charge on any atom is -0.547 e. The van der Waals surface area contributed by atoms with E-state index in [4.69, 9.17) is 30.9 Å². The Hall–Kier alpha value is -2.68. The number of aliphatic carboxylic acids is 2. The second kappa shape index (κ2) is 10.0. The van der Waals surface area contributed by atoms with E-state index >= 15 is 0 Å². The lowest BCUT2D eigenvalue weighted by Crippen LogP contribution is -2.46. The maximum atomic E-state index is 11.1. The monoisotopic (exact) mass is 404 g/mol. The van der Waals surface area contributed by atoms with Crippen LogP contribution in [0, 0.1) is 0 Å². The number of aromatic nitrogens is 1. The second-order valence-corrected chi connectivity index (χ2v) is 5.68. The van der Waals surface area contributed by atoms with Gasteiger partial charge in [-0.05, 0) is 6.07 Å². The zero-order chi connectivity index (χ0) is 21.6. The molecule has 2 heterocycles. The number of aliphatic hydroxyl groups excluding tert-OH is 5. The summed E-state index contributed by atoms with van der Waals surface area (Å²) in [5, 5.41) is 62.6. The van der Waals surface area contributed by atoms with E-state index in [1.165, 1.54) is 16.8 Å². The zero-order valence-corrected chi connectivity index (χ0v) is 14.2. The number of carbonyl (C=O) groups is 3. The summed E-state index contributed by atoms with van der Waals surface area (Å²) in [4.78, 5) is 30.5. The van der Waals surface area contributed by atoms with Crippen molar-refractivity contribution in [1.29, 1.82) is 0 Å². The first-order chi connectivity index (χ1) is 13.0. The van der Waals surface area contributed by atoms with Gasteiger partial charge in [-0.3, -0.25) is 4.79 Å². The van der Waals surface area contributed by atoms with Crippen molar-refractivity contribution in [3.05, 3.63) is 30.1 Å². The van der Waals surface area contributed by atoms with Gasteiger partial charge in [-0.25, -0.2) is 4.79 Å². The number of hydrogen-bond donors (Lipinski definition) is 7.